The third-order valence-corrected chi connectivity index (χ3v) is 2.61. The maximum absolute atomic E-state index is 9.84. The second kappa shape index (κ2) is 5.57. The van der Waals surface area contributed by atoms with Crippen LogP contribution in [0.2, 0.25) is 0 Å². The van der Waals surface area contributed by atoms with Crippen LogP contribution in [-0.4, -0.2) is 34.7 Å². The van der Waals surface area contributed by atoms with Crippen molar-refractivity contribution in [3.05, 3.63) is 29.8 Å². The first kappa shape index (κ1) is 16.0. The molecule has 1 aromatic carbocycles. The molecule has 16 heavy (non-hydrogen) atoms. The molecule has 1 rings (SSSR count). The van der Waals surface area contributed by atoms with Crippen molar-refractivity contribution in [3.8, 4) is 5.75 Å². The minimum atomic E-state index is 0. The molecule has 0 spiro atoms. The van der Waals surface area contributed by atoms with E-state index in [1.165, 1.54) is 0 Å². The summed E-state index contributed by atoms with van der Waals surface area (Å²) >= 11 is 0. The Hall–Kier alpha value is 0.0200. The maximum atomic E-state index is 9.84. The molecule has 1 radical (unpaired) electrons. The van der Waals surface area contributed by atoms with E-state index >= 15 is 0 Å². The van der Waals surface area contributed by atoms with Gasteiger partial charge in [-0.15, -0.1) is 0 Å². The summed E-state index contributed by atoms with van der Waals surface area (Å²) in [5.74, 6) is 0.409. The van der Waals surface area contributed by atoms with Gasteiger partial charge in [-0.1, -0.05) is 52.8 Å². The molecule has 85 valence electrons. The number of rotatable bonds is 2. The zero-order chi connectivity index (χ0) is 11.7. The van der Waals surface area contributed by atoms with E-state index < -0.39 is 0 Å². The predicted octanol–water partition coefficient (Wildman–Crippen LogP) is 3.73. The molecular formula is C14H22NaO. The quantitative estimate of drug-likeness (QED) is 0.766. The van der Waals surface area contributed by atoms with E-state index in [9.17, 15) is 5.11 Å². The van der Waals surface area contributed by atoms with E-state index in [-0.39, 0.29) is 40.4 Å². The molecule has 0 unspecified atom stereocenters. The van der Waals surface area contributed by atoms with Crippen LogP contribution in [0.25, 0.3) is 0 Å². The van der Waals surface area contributed by atoms with E-state index in [1.807, 2.05) is 18.2 Å². The molecule has 0 saturated heterocycles. The van der Waals surface area contributed by atoms with Crippen LogP contribution in [0, 0.1) is 5.41 Å². The summed E-state index contributed by atoms with van der Waals surface area (Å²) in [7, 11) is 0. The minimum absolute atomic E-state index is 0. The summed E-state index contributed by atoms with van der Waals surface area (Å²) in [5.41, 5.74) is 1.33. The molecule has 1 nitrogen and oxygen atoms in total. The predicted molar refractivity (Wildman–Crippen MR) is 71.0 cm³/mol. The van der Waals surface area contributed by atoms with Gasteiger partial charge in [0.05, 0.1) is 0 Å². The summed E-state index contributed by atoms with van der Waals surface area (Å²) in [5, 5.41) is 9.84. The Balaban J connectivity index is 0.00000225. The van der Waals surface area contributed by atoms with Crippen molar-refractivity contribution < 1.29 is 5.11 Å². The molecule has 0 aliphatic carbocycles. The van der Waals surface area contributed by atoms with Crippen molar-refractivity contribution in [3.63, 3.8) is 0 Å². The van der Waals surface area contributed by atoms with Crippen molar-refractivity contribution in [2.24, 2.45) is 5.41 Å². The number of para-hydroxylation sites is 1. The van der Waals surface area contributed by atoms with Crippen LogP contribution in [0.4, 0.5) is 0 Å². The second-order valence-corrected chi connectivity index (χ2v) is 6.14. The van der Waals surface area contributed by atoms with Crippen LogP contribution in [0.15, 0.2) is 24.3 Å². The van der Waals surface area contributed by atoms with Crippen molar-refractivity contribution in [2.75, 3.05) is 0 Å². The summed E-state index contributed by atoms with van der Waals surface area (Å²) < 4.78 is 0. The molecule has 1 N–H and O–H groups in total. The van der Waals surface area contributed by atoms with Gasteiger partial charge in [0.2, 0.25) is 0 Å². The minimum Gasteiger partial charge on any atom is -0.508 e. The molecule has 2 heteroatoms. The molecule has 0 atom stereocenters. The number of phenols is 1. The van der Waals surface area contributed by atoms with Crippen LogP contribution in [0.5, 0.6) is 5.75 Å². The molecule has 0 heterocycles. The van der Waals surface area contributed by atoms with Gasteiger partial charge in [0.15, 0.2) is 0 Å². The average molecular weight is 229 g/mol. The summed E-state index contributed by atoms with van der Waals surface area (Å²) in [6.45, 7) is 11.1. The Morgan fingerprint density at radius 2 is 1.50 bits per heavy atom. The number of hydrogen-bond donors (Lipinski definition) is 1. The molecule has 0 saturated carbocycles. The first-order valence-corrected chi connectivity index (χ1v) is 5.51. The number of hydrogen-bond acceptors (Lipinski definition) is 1. The first-order valence-electron chi connectivity index (χ1n) is 5.51. The van der Waals surface area contributed by atoms with Gasteiger partial charge in [0.1, 0.15) is 5.75 Å². The van der Waals surface area contributed by atoms with Gasteiger partial charge in [0.25, 0.3) is 0 Å². The fourth-order valence-electron chi connectivity index (χ4n) is 2.47. The van der Waals surface area contributed by atoms with Crippen LogP contribution in [-0.2, 0) is 5.41 Å². The Labute approximate surface area is 122 Å². The number of benzene rings is 1. The largest absolute Gasteiger partial charge is 0.508 e. The van der Waals surface area contributed by atoms with Crippen molar-refractivity contribution in [2.45, 2.75) is 46.5 Å². The van der Waals surface area contributed by atoms with E-state index in [4.69, 9.17) is 0 Å². The maximum Gasteiger partial charge on any atom is 0.119 e. The molecule has 0 aliphatic rings. The summed E-state index contributed by atoms with van der Waals surface area (Å²) in [6, 6.07) is 7.63. The average Bonchev–Trinajstić information content (AvgIpc) is 1.99. The second-order valence-electron chi connectivity index (χ2n) is 6.14. The monoisotopic (exact) mass is 229 g/mol. The van der Waals surface area contributed by atoms with Crippen LogP contribution >= 0.6 is 0 Å². The van der Waals surface area contributed by atoms with Crippen LogP contribution in [0.3, 0.4) is 0 Å². The van der Waals surface area contributed by atoms with Gasteiger partial charge in [-0.25, -0.2) is 0 Å². The van der Waals surface area contributed by atoms with Gasteiger partial charge in [-0.2, -0.15) is 0 Å². The molecule has 0 aliphatic heterocycles. The van der Waals surface area contributed by atoms with Gasteiger partial charge in [0, 0.05) is 29.6 Å². The Kier molecular flexibility index (Phi) is 5.58. The Morgan fingerprint density at radius 1 is 1.00 bits per heavy atom. The molecule has 0 aromatic heterocycles. The third-order valence-electron chi connectivity index (χ3n) is 2.61. The van der Waals surface area contributed by atoms with Gasteiger partial charge in [-0.05, 0) is 28.9 Å². The Morgan fingerprint density at radius 3 is 1.94 bits per heavy atom. The smallest absolute Gasteiger partial charge is 0.119 e. The number of phenolic OH excluding ortho intramolecular Hbond substituents is 1. The first-order chi connectivity index (χ1) is 6.72. The molecule has 0 bridgehead atoms. The van der Waals surface area contributed by atoms with E-state index in [2.05, 4.69) is 34.6 Å². The van der Waals surface area contributed by atoms with E-state index in [0.29, 0.717) is 5.75 Å². The van der Waals surface area contributed by atoms with Gasteiger partial charge in [-0.3, -0.25) is 0 Å². The van der Waals surface area contributed by atoms with Crippen LogP contribution in [0.1, 0.15) is 46.6 Å². The number of aromatic hydroxyl groups is 1. The summed E-state index contributed by atoms with van der Waals surface area (Å²) in [4.78, 5) is 0. The van der Waals surface area contributed by atoms with Crippen LogP contribution < -0.4 is 0 Å². The van der Waals surface area contributed by atoms with Crippen molar-refractivity contribution in [1.82, 2.24) is 0 Å². The van der Waals surface area contributed by atoms with Crippen molar-refractivity contribution in [1.29, 1.82) is 0 Å². The topological polar surface area (TPSA) is 20.2 Å². The van der Waals surface area contributed by atoms with E-state index in [0.717, 1.165) is 12.0 Å². The standard InChI is InChI=1S/C14H22O.Na/c1-13(2,3)10-14(4,5)11-8-6-7-9-12(11)15;/h6-9,15H,10H2,1-5H3;. The SMILES string of the molecule is CC(C)(C)CC(C)(C)c1ccccc1O.[Na]. The molecule has 1 aromatic rings. The molecule has 0 amide bonds. The van der Waals surface area contributed by atoms with Crippen molar-refractivity contribution >= 4 is 29.6 Å². The Bertz CT molecular complexity index is 337. The molecular weight excluding hydrogens is 207 g/mol. The third kappa shape index (κ3) is 4.48. The normalized spacial score (nSPS) is 12.1. The molecule has 0 fully saturated rings. The zero-order valence-electron chi connectivity index (χ0n) is 11.5. The van der Waals surface area contributed by atoms with Gasteiger partial charge >= 0.3 is 0 Å². The zero-order valence-corrected chi connectivity index (χ0v) is 13.5. The summed E-state index contributed by atoms with van der Waals surface area (Å²) in [6.07, 6.45) is 1.05. The van der Waals surface area contributed by atoms with Gasteiger partial charge < -0.3 is 5.11 Å². The van der Waals surface area contributed by atoms with E-state index in [1.54, 1.807) is 6.07 Å². The fraction of sp³-hybridized carbons (Fsp3) is 0.571. The fourth-order valence-corrected chi connectivity index (χ4v) is 2.47.